The zero-order valence-electron chi connectivity index (χ0n) is 32.4. The summed E-state index contributed by atoms with van der Waals surface area (Å²) < 4.78 is 0. The molecule has 0 spiro atoms. The lowest BCUT2D eigenvalue weighted by atomic mass is 9.84. The maximum absolute atomic E-state index is 13.9. The Bertz CT molecular complexity index is 1340. The summed E-state index contributed by atoms with van der Waals surface area (Å²) >= 11 is 4.09. The summed E-state index contributed by atoms with van der Waals surface area (Å²) in [6.07, 6.45) is 3.56. The van der Waals surface area contributed by atoms with E-state index in [0.717, 1.165) is 39.0 Å². The van der Waals surface area contributed by atoms with Gasteiger partial charge in [-0.3, -0.25) is 38.4 Å². The van der Waals surface area contributed by atoms with Gasteiger partial charge in [0.25, 0.3) is 0 Å². The van der Waals surface area contributed by atoms with Gasteiger partial charge in [-0.05, 0) is 49.2 Å². The fourth-order valence-electron chi connectivity index (χ4n) is 6.28. The highest BCUT2D eigenvalue weighted by molar-refractivity contribution is 7.80. The van der Waals surface area contributed by atoms with E-state index in [0.29, 0.717) is 6.42 Å². The van der Waals surface area contributed by atoms with E-state index < -0.39 is 115 Å². The number of hydrogen-bond acceptors (Lipinski definition) is 10. The van der Waals surface area contributed by atoms with Crippen molar-refractivity contribution in [2.75, 3.05) is 5.75 Å². The quantitative estimate of drug-likeness (QED) is 0.0572. The second-order valence-corrected chi connectivity index (χ2v) is 15.1. The molecule has 0 aromatic rings. The van der Waals surface area contributed by atoms with E-state index in [4.69, 9.17) is 0 Å². The smallest absolute Gasteiger partial charge is 0.326 e. The van der Waals surface area contributed by atoms with Crippen molar-refractivity contribution in [2.45, 2.75) is 148 Å². The van der Waals surface area contributed by atoms with Crippen molar-refractivity contribution in [1.29, 1.82) is 0 Å². The summed E-state index contributed by atoms with van der Waals surface area (Å²) in [6.45, 7) is 8.10. The van der Waals surface area contributed by atoms with E-state index >= 15 is 0 Å². The van der Waals surface area contributed by atoms with Gasteiger partial charge in [0.15, 0.2) is 0 Å². The Kier molecular flexibility index (Phi) is 22.0. The van der Waals surface area contributed by atoms with Crippen LogP contribution in [0.4, 0.5) is 0 Å². The molecule has 0 aliphatic heterocycles. The largest absolute Gasteiger partial charge is 0.481 e. The molecule has 0 aromatic carbocycles. The number of aliphatic carboxylic acids is 3. The number of nitrogens with one attached hydrogen (secondary N) is 6. The Morgan fingerprint density at radius 1 is 0.636 bits per heavy atom. The van der Waals surface area contributed by atoms with E-state index in [2.05, 4.69) is 44.5 Å². The third kappa shape index (κ3) is 18.6. The van der Waals surface area contributed by atoms with Crippen LogP contribution in [0, 0.1) is 17.8 Å². The highest BCUT2D eigenvalue weighted by atomic mass is 32.1. The molecule has 1 aliphatic rings. The lowest BCUT2D eigenvalue weighted by Crippen LogP contribution is -2.61. The Hall–Kier alpha value is -4.42. The van der Waals surface area contributed by atoms with Gasteiger partial charge in [-0.1, -0.05) is 66.2 Å². The van der Waals surface area contributed by atoms with Gasteiger partial charge in [-0.25, -0.2) is 4.79 Å². The van der Waals surface area contributed by atoms with Gasteiger partial charge >= 0.3 is 17.9 Å². The van der Waals surface area contributed by atoms with Crippen LogP contribution < -0.4 is 31.9 Å². The van der Waals surface area contributed by atoms with Crippen molar-refractivity contribution < 1.29 is 58.5 Å². The molecule has 0 aromatic heterocycles. The van der Waals surface area contributed by atoms with E-state index in [1.807, 2.05) is 0 Å². The monoisotopic (exact) mass is 800 g/mol. The van der Waals surface area contributed by atoms with Gasteiger partial charge in [0.05, 0.1) is 6.42 Å². The molecular formula is C36H60N6O12S. The SMILES string of the molecule is CC[C@@H](C)[C@H](NC(=O)[C@H](CC(C)C)NC(=O)[C@@H](CCC(=O)O)NC(=O)[C@H](CC(=O)O)NC(C)=O)C(=O)N[C@@H](CC1CCCCC1)C(=O)N[C@@H](CCS)C(=O)O. The minimum Gasteiger partial charge on any atom is -0.481 e. The van der Waals surface area contributed by atoms with Crippen LogP contribution in [-0.4, -0.2) is 111 Å². The molecule has 19 heteroatoms. The molecule has 18 nitrogen and oxygen atoms in total. The molecule has 0 radical (unpaired) electrons. The van der Waals surface area contributed by atoms with Crippen molar-refractivity contribution in [3.8, 4) is 0 Å². The van der Waals surface area contributed by atoms with Gasteiger partial charge in [0, 0.05) is 13.3 Å². The predicted molar refractivity (Wildman–Crippen MR) is 203 cm³/mol. The minimum atomic E-state index is -1.58. The average molecular weight is 801 g/mol. The first-order valence-electron chi connectivity index (χ1n) is 18.9. The third-order valence-electron chi connectivity index (χ3n) is 9.45. The average Bonchev–Trinajstić information content (AvgIpc) is 3.10. The first kappa shape index (κ1) is 48.6. The molecule has 0 bridgehead atoms. The zero-order valence-corrected chi connectivity index (χ0v) is 33.2. The molecule has 7 atom stereocenters. The van der Waals surface area contributed by atoms with Crippen LogP contribution >= 0.6 is 12.6 Å². The maximum Gasteiger partial charge on any atom is 0.326 e. The molecule has 0 saturated heterocycles. The zero-order chi connectivity index (χ0) is 41.8. The van der Waals surface area contributed by atoms with Crippen molar-refractivity contribution in [2.24, 2.45) is 17.8 Å². The van der Waals surface area contributed by atoms with Gasteiger partial charge in [-0.15, -0.1) is 0 Å². The summed E-state index contributed by atoms with van der Waals surface area (Å²) in [7, 11) is 0. The first-order valence-corrected chi connectivity index (χ1v) is 19.5. The Morgan fingerprint density at radius 2 is 1.16 bits per heavy atom. The second kappa shape index (κ2) is 24.9. The number of rotatable bonds is 25. The summed E-state index contributed by atoms with van der Waals surface area (Å²) in [5.74, 6) is -9.23. The van der Waals surface area contributed by atoms with Crippen LogP contribution in [-0.2, 0) is 43.2 Å². The summed E-state index contributed by atoms with van der Waals surface area (Å²) in [6, 6.07) is -7.95. The molecule has 1 rings (SSSR count). The molecule has 1 saturated carbocycles. The van der Waals surface area contributed by atoms with Gasteiger partial charge in [0.2, 0.25) is 35.4 Å². The summed E-state index contributed by atoms with van der Waals surface area (Å²) in [5, 5.41) is 43.1. The lowest BCUT2D eigenvalue weighted by Gasteiger charge is -2.31. The van der Waals surface area contributed by atoms with Gasteiger partial charge in [0.1, 0.15) is 36.3 Å². The number of carbonyl (C=O) groups excluding carboxylic acids is 6. The van der Waals surface area contributed by atoms with Crippen LogP contribution in [0.15, 0.2) is 0 Å². The number of amides is 6. The first-order chi connectivity index (χ1) is 25.8. The molecule has 312 valence electrons. The Labute approximate surface area is 327 Å². The number of carbonyl (C=O) groups is 9. The molecular weight excluding hydrogens is 740 g/mol. The maximum atomic E-state index is 13.9. The van der Waals surface area contributed by atoms with Crippen LogP contribution in [0.5, 0.6) is 0 Å². The fourth-order valence-corrected chi connectivity index (χ4v) is 6.54. The highest BCUT2D eigenvalue weighted by Gasteiger charge is 2.36. The molecule has 9 N–H and O–H groups in total. The third-order valence-corrected chi connectivity index (χ3v) is 9.70. The topological polar surface area (TPSA) is 286 Å². The van der Waals surface area contributed by atoms with Gasteiger partial charge in [-0.2, -0.15) is 12.6 Å². The van der Waals surface area contributed by atoms with Crippen molar-refractivity contribution in [3.05, 3.63) is 0 Å². The number of thiol groups is 1. The molecule has 1 aliphatic carbocycles. The van der Waals surface area contributed by atoms with Gasteiger partial charge < -0.3 is 47.2 Å². The van der Waals surface area contributed by atoms with Crippen molar-refractivity contribution in [1.82, 2.24) is 31.9 Å². The second-order valence-electron chi connectivity index (χ2n) is 14.6. The van der Waals surface area contributed by atoms with E-state index in [1.54, 1.807) is 27.7 Å². The molecule has 0 heterocycles. The lowest BCUT2D eigenvalue weighted by molar-refractivity contribution is -0.142. The summed E-state index contributed by atoms with van der Waals surface area (Å²) in [4.78, 5) is 114. The van der Waals surface area contributed by atoms with Crippen molar-refractivity contribution in [3.63, 3.8) is 0 Å². The normalized spacial score (nSPS) is 16.9. The Balaban J connectivity index is 3.36. The van der Waals surface area contributed by atoms with Crippen LogP contribution in [0.1, 0.15) is 112 Å². The number of carboxylic acids is 3. The Morgan fingerprint density at radius 3 is 1.67 bits per heavy atom. The van der Waals surface area contributed by atoms with Crippen molar-refractivity contribution >= 4 is 66.0 Å². The van der Waals surface area contributed by atoms with E-state index in [1.165, 1.54) is 0 Å². The minimum absolute atomic E-state index is 0.0496. The predicted octanol–water partition coefficient (Wildman–Crippen LogP) is 0.722. The summed E-state index contributed by atoms with van der Waals surface area (Å²) in [5.41, 5.74) is 0. The standard InChI is InChI=1S/C36H60N6O12S/c1-6-20(4)30(35(52)41-26(17-22-10-8-7-9-11-22)32(49)39-24(14-15-55)36(53)54)42-34(51)25(16-19(2)3)40-31(48)23(12-13-28(44)45)38-33(50)27(18-29(46)47)37-21(5)43/h19-20,22-27,30,55H,6-18H2,1-5H3,(H,37,43)(H,38,50)(H,39,49)(H,40,48)(H,41,52)(H,42,51)(H,44,45)(H,46,47)(H,53,54)/t20-,23-,24+,25+,26+,27+,30+/m1/s1. The fraction of sp³-hybridized carbons (Fsp3) is 0.750. The molecule has 0 unspecified atom stereocenters. The van der Waals surface area contributed by atoms with Crippen LogP contribution in [0.3, 0.4) is 0 Å². The molecule has 1 fully saturated rings. The van der Waals surface area contributed by atoms with E-state index in [-0.39, 0.29) is 36.9 Å². The van der Waals surface area contributed by atoms with E-state index in [9.17, 15) is 58.5 Å². The molecule has 55 heavy (non-hydrogen) atoms. The molecule has 6 amide bonds. The number of hydrogen-bond donors (Lipinski definition) is 10. The number of carboxylic acid groups (broad SMARTS) is 3. The van der Waals surface area contributed by atoms with Crippen LogP contribution in [0.2, 0.25) is 0 Å². The van der Waals surface area contributed by atoms with Crippen LogP contribution in [0.25, 0.3) is 0 Å². The highest BCUT2D eigenvalue weighted by Crippen LogP contribution is 2.27.